The third kappa shape index (κ3) is 2.88. The number of esters is 2. The Morgan fingerprint density at radius 1 is 1.39 bits per heavy atom. The van der Waals surface area contributed by atoms with Crippen LogP contribution in [0.3, 0.4) is 0 Å². The molecule has 1 aromatic carbocycles. The molecule has 1 heterocycles. The second-order valence-electron chi connectivity index (χ2n) is 4.39. The van der Waals surface area contributed by atoms with Gasteiger partial charge >= 0.3 is 11.9 Å². The van der Waals surface area contributed by atoms with Gasteiger partial charge in [-0.1, -0.05) is 30.3 Å². The second kappa shape index (κ2) is 5.67. The fourth-order valence-corrected chi connectivity index (χ4v) is 2.22. The molecule has 0 N–H and O–H groups in total. The van der Waals surface area contributed by atoms with Crippen LogP contribution in [0.4, 0.5) is 0 Å². The fraction of sp³-hybridized carbons (Fsp3) is 0.429. The summed E-state index contributed by atoms with van der Waals surface area (Å²) < 4.78 is 10.0. The quantitative estimate of drug-likeness (QED) is 0.764. The molecule has 1 fully saturated rings. The zero-order valence-electron chi connectivity index (χ0n) is 10.3. The van der Waals surface area contributed by atoms with Gasteiger partial charge in [0.25, 0.3) is 0 Å². The van der Waals surface area contributed by atoms with Crippen molar-refractivity contribution in [1.82, 2.24) is 0 Å². The van der Waals surface area contributed by atoms with Crippen LogP contribution in [0.25, 0.3) is 0 Å². The van der Waals surface area contributed by atoms with Crippen LogP contribution in [0.15, 0.2) is 30.3 Å². The Morgan fingerprint density at radius 2 is 2.11 bits per heavy atom. The molecule has 0 saturated carbocycles. The highest BCUT2D eigenvalue weighted by atomic mass is 16.6. The molecule has 0 radical (unpaired) electrons. The maximum absolute atomic E-state index is 11.7. The average Bonchev–Trinajstić information content (AvgIpc) is 2.39. The predicted octanol–water partition coefficient (Wildman–Crippen LogP) is 1.72. The smallest absolute Gasteiger partial charge is 0.312 e. The average molecular weight is 248 g/mol. The summed E-state index contributed by atoms with van der Waals surface area (Å²) in [5.74, 6) is -0.896. The van der Waals surface area contributed by atoms with Gasteiger partial charge in [-0.15, -0.1) is 0 Å². The van der Waals surface area contributed by atoms with E-state index in [2.05, 4.69) is 0 Å². The lowest BCUT2D eigenvalue weighted by Gasteiger charge is -2.29. The summed E-state index contributed by atoms with van der Waals surface area (Å²) in [6.07, 6.45) is 0.918. The van der Waals surface area contributed by atoms with E-state index in [-0.39, 0.29) is 24.3 Å². The van der Waals surface area contributed by atoms with Gasteiger partial charge < -0.3 is 9.47 Å². The van der Waals surface area contributed by atoms with Crippen LogP contribution in [0.2, 0.25) is 0 Å². The Morgan fingerprint density at radius 3 is 2.78 bits per heavy atom. The highest BCUT2D eigenvalue weighted by molar-refractivity contribution is 5.77. The van der Waals surface area contributed by atoms with Crippen molar-refractivity contribution < 1.29 is 19.1 Å². The number of methoxy groups -OCH3 is 1. The van der Waals surface area contributed by atoms with Crippen LogP contribution in [-0.2, 0) is 25.5 Å². The number of cyclic esters (lactones) is 1. The van der Waals surface area contributed by atoms with Gasteiger partial charge in [0, 0.05) is 12.8 Å². The number of rotatable bonds is 3. The van der Waals surface area contributed by atoms with Crippen molar-refractivity contribution in [3.63, 3.8) is 0 Å². The first-order chi connectivity index (χ1) is 8.70. The maximum Gasteiger partial charge on any atom is 0.312 e. The van der Waals surface area contributed by atoms with Gasteiger partial charge in [0.1, 0.15) is 6.10 Å². The Bertz CT molecular complexity index is 427. The van der Waals surface area contributed by atoms with Crippen LogP contribution in [0.5, 0.6) is 0 Å². The molecule has 4 nitrogen and oxygen atoms in total. The van der Waals surface area contributed by atoms with E-state index in [0.717, 1.165) is 5.56 Å². The van der Waals surface area contributed by atoms with Crippen molar-refractivity contribution in [2.75, 3.05) is 7.11 Å². The summed E-state index contributed by atoms with van der Waals surface area (Å²) in [6.45, 7) is 0. The molecule has 0 bridgehead atoms. The topological polar surface area (TPSA) is 52.6 Å². The highest BCUT2D eigenvalue weighted by Crippen LogP contribution is 2.25. The lowest BCUT2D eigenvalue weighted by molar-refractivity contribution is -0.167. The van der Waals surface area contributed by atoms with Gasteiger partial charge in [0.15, 0.2) is 0 Å². The zero-order valence-corrected chi connectivity index (χ0v) is 10.3. The van der Waals surface area contributed by atoms with Gasteiger partial charge in [0.2, 0.25) is 0 Å². The fourth-order valence-electron chi connectivity index (χ4n) is 2.22. The SMILES string of the molecule is COC(=O)[C@H]1CCC(=O)O[C@H]1Cc1ccccc1. The maximum atomic E-state index is 11.7. The molecular weight excluding hydrogens is 232 g/mol. The van der Waals surface area contributed by atoms with E-state index in [9.17, 15) is 9.59 Å². The van der Waals surface area contributed by atoms with Crippen LogP contribution in [0.1, 0.15) is 18.4 Å². The number of hydrogen-bond donors (Lipinski definition) is 0. The van der Waals surface area contributed by atoms with E-state index in [1.54, 1.807) is 0 Å². The summed E-state index contributed by atoms with van der Waals surface area (Å²) in [5, 5.41) is 0. The van der Waals surface area contributed by atoms with Crippen molar-refractivity contribution in [3.8, 4) is 0 Å². The van der Waals surface area contributed by atoms with Crippen molar-refractivity contribution in [1.29, 1.82) is 0 Å². The standard InChI is InChI=1S/C14H16O4/c1-17-14(16)11-7-8-13(15)18-12(11)9-10-5-3-2-4-6-10/h2-6,11-12H,7-9H2,1H3/t11-,12-/m0/s1. The molecule has 96 valence electrons. The van der Waals surface area contributed by atoms with Crippen molar-refractivity contribution >= 4 is 11.9 Å². The molecule has 1 aliphatic rings. The Hall–Kier alpha value is -1.84. The molecule has 2 rings (SSSR count). The van der Waals surface area contributed by atoms with E-state index in [1.165, 1.54) is 7.11 Å². The number of benzene rings is 1. The number of carbonyl (C=O) groups excluding carboxylic acids is 2. The molecular formula is C14H16O4. The largest absolute Gasteiger partial charge is 0.469 e. The molecule has 0 spiro atoms. The van der Waals surface area contributed by atoms with Crippen LogP contribution >= 0.6 is 0 Å². The minimum Gasteiger partial charge on any atom is -0.469 e. The number of hydrogen-bond acceptors (Lipinski definition) is 4. The lowest BCUT2D eigenvalue weighted by atomic mass is 9.90. The Balaban J connectivity index is 2.10. The molecule has 0 aliphatic carbocycles. The zero-order chi connectivity index (χ0) is 13.0. The van der Waals surface area contributed by atoms with E-state index in [0.29, 0.717) is 12.8 Å². The highest BCUT2D eigenvalue weighted by Gasteiger charge is 2.36. The summed E-state index contributed by atoms with van der Waals surface area (Å²) >= 11 is 0. The minimum absolute atomic E-state index is 0.240. The Kier molecular flexibility index (Phi) is 3.97. The van der Waals surface area contributed by atoms with Crippen molar-refractivity contribution in [3.05, 3.63) is 35.9 Å². The first-order valence-electron chi connectivity index (χ1n) is 6.02. The first-order valence-corrected chi connectivity index (χ1v) is 6.02. The Labute approximate surface area is 106 Å². The predicted molar refractivity (Wildman–Crippen MR) is 64.8 cm³/mol. The van der Waals surface area contributed by atoms with Crippen LogP contribution in [0, 0.1) is 5.92 Å². The molecule has 1 saturated heterocycles. The molecule has 0 amide bonds. The monoisotopic (exact) mass is 248 g/mol. The summed E-state index contributed by atoms with van der Waals surface area (Å²) in [5.41, 5.74) is 1.05. The lowest BCUT2D eigenvalue weighted by Crippen LogP contribution is -2.39. The molecule has 2 atom stereocenters. The van der Waals surface area contributed by atoms with Gasteiger partial charge in [-0.3, -0.25) is 9.59 Å². The summed E-state index contributed by atoms with van der Waals surface area (Å²) in [4.78, 5) is 23.0. The molecule has 0 unspecified atom stereocenters. The molecule has 1 aliphatic heterocycles. The van der Waals surface area contributed by atoms with Crippen LogP contribution < -0.4 is 0 Å². The molecule has 18 heavy (non-hydrogen) atoms. The molecule has 1 aromatic rings. The van der Waals surface area contributed by atoms with Gasteiger partial charge in [0.05, 0.1) is 13.0 Å². The third-order valence-corrected chi connectivity index (χ3v) is 3.17. The third-order valence-electron chi connectivity index (χ3n) is 3.17. The first kappa shape index (κ1) is 12.6. The van der Waals surface area contributed by atoms with Crippen molar-refractivity contribution in [2.24, 2.45) is 5.92 Å². The van der Waals surface area contributed by atoms with Crippen LogP contribution in [-0.4, -0.2) is 25.2 Å². The molecule has 0 aromatic heterocycles. The van der Waals surface area contributed by atoms with E-state index in [1.807, 2.05) is 30.3 Å². The van der Waals surface area contributed by atoms with Gasteiger partial charge in [-0.25, -0.2) is 0 Å². The van der Waals surface area contributed by atoms with Gasteiger partial charge in [-0.05, 0) is 12.0 Å². The number of carbonyl (C=O) groups is 2. The molecule has 4 heteroatoms. The van der Waals surface area contributed by atoms with E-state index in [4.69, 9.17) is 9.47 Å². The van der Waals surface area contributed by atoms with Gasteiger partial charge in [-0.2, -0.15) is 0 Å². The second-order valence-corrected chi connectivity index (χ2v) is 4.39. The minimum atomic E-state index is -0.416. The van der Waals surface area contributed by atoms with E-state index < -0.39 is 6.10 Å². The summed E-state index contributed by atoms with van der Waals surface area (Å²) in [7, 11) is 1.36. The normalized spacial score (nSPS) is 23.3. The summed E-state index contributed by atoms with van der Waals surface area (Å²) in [6, 6.07) is 9.68. The van der Waals surface area contributed by atoms with E-state index >= 15 is 0 Å². The van der Waals surface area contributed by atoms with Crippen molar-refractivity contribution in [2.45, 2.75) is 25.4 Å². The number of ether oxygens (including phenoxy) is 2.